The van der Waals surface area contributed by atoms with E-state index in [9.17, 15) is 0 Å². The minimum Gasteiger partial charge on any atom is -0.456 e. The highest BCUT2D eigenvalue weighted by molar-refractivity contribution is 6.11. The van der Waals surface area contributed by atoms with Gasteiger partial charge in [-0.15, -0.1) is 0 Å². The van der Waals surface area contributed by atoms with Crippen LogP contribution in [0.1, 0.15) is 25.0 Å². The third kappa shape index (κ3) is 4.48. The first-order valence-corrected chi connectivity index (χ1v) is 18.7. The molecule has 0 saturated heterocycles. The Kier molecular flexibility index (Phi) is 6.60. The molecule has 3 nitrogen and oxygen atoms in total. The van der Waals surface area contributed by atoms with E-state index >= 15 is 0 Å². The van der Waals surface area contributed by atoms with Crippen LogP contribution in [0.5, 0.6) is 0 Å². The summed E-state index contributed by atoms with van der Waals surface area (Å²) in [6.07, 6.45) is 0. The largest absolute Gasteiger partial charge is 0.456 e. The molecule has 3 heteroatoms. The van der Waals surface area contributed by atoms with Crippen molar-refractivity contribution in [1.29, 1.82) is 0 Å². The SMILES string of the molecule is CC1(C)c2ccc(N(c3ccc4c(c3)oc3ccccc34)c3ccc4c5ccccc5n(-c5ccccc5)c4c3)cc2-c2c(-c3ccccc3)cccc21. The second-order valence-electron chi connectivity index (χ2n) is 15.0. The second-order valence-corrected chi connectivity index (χ2v) is 15.0. The quantitative estimate of drug-likeness (QED) is 0.179. The van der Waals surface area contributed by atoms with Gasteiger partial charge >= 0.3 is 0 Å². The summed E-state index contributed by atoms with van der Waals surface area (Å²) in [5, 5.41) is 4.71. The molecule has 0 atom stereocenters. The summed E-state index contributed by atoms with van der Waals surface area (Å²) < 4.78 is 8.88. The van der Waals surface area contributed by atoms with Crippen molar-refractivity contribution < 1.29 is 4.42 Å². The normalized spacial score (nSPS) is 13.1. The van der Waals surface area contributed by atoms with Crippen molar-refractivity contribution in [1.82, 2.24) is 4.57 Å². The Morgan fingerprint density at radius 2 is 1.07 bits per heavy atom. The van der Waals surface area contributed by atoms with Crippen LogP contribution in [0.25, 0.3) is 71.7 Å². The van der Waals surface area contributed by atoms with Crippen LogP contribution >= 0.6 is 0 Å². The Labute approximate surface area is 314 Å². The van der Waals surface area contributed by atoms with Gasteiger partial charge in [0.15, 0.2) is 0 Å². The Balaban J connectivity index is 1.18. The van der Waals surface area contributed by atoms with Crippen LogP contribution < -0.4 is 4.90 Å². The summed E-state index contributed by atoms with van der Waals surface area (Å²) in [5.41, 5.74) is 16.1. The monoisotopic (exact) mass is 692 g/mol. The molecule has 11 rings (SSSR count). The van der Waals surface area contributed by atoms with Gasteiger partial charge in [0.25, 0.3) is 0 Å². The zero-order valence-electron chi connectivity index (χ0n) is 30.1. The maximum absolute atomic E-state index is 6.48. The Hall–Kier alpha value is -6.84. The lowest BCUT2D eigenvalue weighted by atomic mass is 9.82. The number of furan rings is 1. The van der Waals surface area contributed by atoms with Crippen molar-refractivity contribution in [3.63, 3.8) is 0 Å². The number of anilines is 3. The number of rotatable bonds is 5. The molecule has 256 valence electrons. The standard InChI is InChI=1S/C51H36N2O/c1-51(2)44-29-26-35(30-43(44)50-38(20-13-21-45(50)51)33-14-5-3-6-15-33)52(37-25-28-42-41-19-10-12-23-48(41)54-49(42)32-37)36-24-27-40-39-18-9-11-22-46(39)53(47(40)31-36)34-16-7-4-8-17-34/h3-32H,1-2H3. The number of para-hydroxylation sites is 3. The Morgan fingerprint density at radius 1 is 0.444 bits per heavy atom. The van der Waals surface area contributed by atoms with Gasteiger partial charge in [-0.3, -0.25) is 0 Å². The molecule has 0 aliphatic heterocycles. The van der Waals surface area contributed by atoms with Crippen LogP contribution in [0, 0.1) is 0 Å². The van der Waals surface area contributed by atoms with Gasteiger partial charge in [-0.05, 0) is 94.0 Å². The second kappa shape index (κ2) is 11.6. The van der Waals surface area contributed by atoms with E-state index in [1.807, 2.05) is 12.1 Å². The number of hydrogen-bond acceptors (Lipinski definition) is 2. The molecular weight excluding hydrogens is 657 g/mol. The molecule has 0 unspecified atom stereocenters. The topological polar surface area (TPSA) is 21.3 Å². The fourth-order valence-corrected chi connectivity index (χ4v) is 9.04. The third-order valence-corrected chi connectivity index (χ3v) is 11.6. The van der Waals surface area contributed by atoms with E-state index in [4.69, 9.17) is 4.42 Å². The van der Waals surface area contributed by atoms with Gasteiger partial charge in [-0.2, -0.15) is 0 Å². The molecule has 10 aromatic rings. The molecule has 0 spiro atoms. The molecule has 0 saturated carbocycles. The third-order valence-electron chi connectivity index (χ3n) is 11.6. The van der Waals surface area contributed by atoms with Crippen LogP contribution in [0.3, 0.4) is 0 Å². The van der Waals surface area contributed by atoms with Crippen molar-refractivity contribution in [3.05, 3.63) is 193 Å². The summed E-state index contributed by atoms with van der Waals surface area (Å²) >= 11 is 0. The van der Waals surface area contributed by atoms with Gasteiger partial charge in [0.1, 0.15) is 11.2 Å². The fraction of sp³-hybridized carbons (Fsp3) is 0.0588. The van der Waals surface area contributed by atoms with Crippen molar-refractivity contribution >= 4 is 60.8 Å². The van der Waals surface area contributed by atoms with Crippen LogP contribution in [0.2, 0.25) is 0 Å². The van der Waals surface area contributed by atoms with Crippen molar-refractivity contribution in [2.24, 2.45) is 0 Å². The molecule has 2 aromatic heterocycles. The maximum Gasteiger partial charge on any atom is 0.137 e. The van der Waals surface area contributed by atoms with Crippen LogP contribution in [-0.4, -0.2) is 4.57 Å². The first-order valence-electron chi connectivity index (χ1n) is 18.7. The average molecular weight is 693 g/mol. The molecule has 1 aliphatic rings. The predicted molar refractivity (Wildman–Crippen MR) is 226 cm³/mol. The molecule has 0 amide bonds. The van der Waals surface area contributed by atoms with E-state index in [0.29, 0.717) is 0 Å². The molecule has 0 radical (unpaired) electrons. The van der Waals surface area contributed by atoms with E-state index in [0.717, 1.165) is 50.2 Å². The van der Waals surface area contributed by atoms with Gasteiger partial charge in [-0.25, -0.2) is 0 Å². The molecule has 0 N–H and O–H groups in total. The number of nitrogens with zero attached hydrogens (tertiary/aromatic N) is 2. The van der Waals surface area contributed by atoms with Gasteiger partial charge in [0.2, 0.25) is 0 Å². The zero-order valence-corrected chi connectivity index (χ0v) is 30.1. The number of hydrogen-bond donors (Lipinski definition) is 0. The van der Waals surface area contributed by atoms with Crippen molar-refractivity contribution in [3.8, 4) is 27.9 Å². The summed E-state index contributed by atoms with van der Waals surface area (Å²) in [6.45, 7) is 4.71. The van der Waals surface area contributed by atoms with Gasteiger partial charge in [0, 0.05) is 55.8 Å². The predicted octanol–water partition coefficient (Wildman–Crippen LogP) is 14.1. The smallest absolute Gasteiger partial charge is 0.137 e. The minimum atomic E-state index is -0.137. The fourth-order valence-electron chi connectivity index (χ4n) is 9.04. The molecule has 8 aromatic carbocycles. The van der Waals surface area contributed by atoms with E-state index in [2.05, 4.69) is 193 Å². The zero-order chi connectivity index (χ0) is 36.0. The highest BCUT2D eigenvalue weighted by Gasteiger charge is 2.37. The first-order chi connectivity index (χ1) is 26.5. The molecule has 1 aliphatic carbocycles. The van der Waals surface area contributed by atoms with E-state index < -0.39 is 0 Å². The van der Waals surface area contributed by atoms with E-state index in [-0.39, 0.29) is 5.41 Å². The van der Waals surface area contributed by atoms with Crippen molar-refractivity contribution in [2.45, 2.75) is 19.3 Å². The highest BCUT2D eigenvalue weighted by atomic mass is 16.3. The van der Waals surface area contributed by atoms with Crippen LogP contribution in [0.4, 0.5) is 17.1 Å². The lowest BCUT2D eigenvalue weighted by Crippen LogP contribution is -2.15. The highest BCUT2D eigenvalue weighted by Crippen LogP contribution is 2.54. The molecule has 0 fully saturated rings. The summed E-state index contributed by atoms with van der Waals surface area (Å²) in [5.74, 6) is 0. The van der Waals surface area contributed by atoms with Gasteiger partial charge < -0.3 is 13.9 Å². The maximum atomic E-state index is 6.48. The lowest BCUT2D eigenvalue weighted by Gasteiger charge is -2.27. The van der Waals surface area contributed by atoms with Crippen molar-refractivity contribution in [2.75, 3.05) is 4.90 Å². The number of fused-ring (bicyclic) bond motifs is 9. The molecule has 54 heavy (non-hydrogen) atoms. The van der Waals surface area contributed by atoms with Crippen LogP contribution in [0.15, 0.2) is 186 Å². The summed E-state index contributed by atoms with van der Waals surface area (Å²) in [6, 6.07) is 65.9. The van der Waals surface area contributed by atoms with Crippen LogP contribution in [-0.2, 0) is 5.41 Å². The minimum absolute atomic E-state index is 0.137. The average Bonchev–Trinajstić information content (AvgIpc) is 3.83. The number of benzene rings is 8. The Bertz CT molecular complexity index is 3080. The molecule has 2 heterocycles. The molecule has 0 bridgehead atoms. The summed E-state index contributed by atoms with van der Waals surface area (Å²) in [4.78, 5) is 2.40. The van der Waals surface area contributed by atoms with Gasteiger partial charge in [0.05, 0.1) is 11.0 Å². The van der Waals surface area contributed by atoms with E-state index in [1.165, 1.54) is 49.7 Å². The lowest BCUT2D eigenvalue weighted by molar-refractivity contribution is 0.660. The summed E-state index contributed by atoms with van der Waals surface area (Å²) in [7, 11) is 0. The Morgan fingerprint density at radius 3 is 1.91 bits per heavy atom. The van der Waals surface area contributed by atoms with E-state index in [1.54, 1.807) is 0 Å². The first kappa shape index (κ1) is 30.8. The van der Waals surface area contributed by atoms with Gasteiger partial charge in [-0.1, -0.05) is 129 Å². The molecular formula is C51H36N2O. The number of aromatic nitrogens is 1.